The first-order valence-corrected chi connectivity index (χ1v) is 7.04. The van der Waals surface area contributed by atoms with E-state index in [1.165, 1.54) is 0 Å². The van der Waals surface area contributed by atoms with Crippen molar-refractivity contribution in [2.75, 3.05) is 7.11 Å². The highest BCUT2D eigenvalue weighted by Gasteiger charge is 2.39. The summed E-state index contributed by atoms with van der Waals surface area (Å²) in [6.45, 7) is 4.00. The second kappa shape index (κ2) is 5.51. The maximum absolute atomic E-state index is 10.7. The summed E-state index contributed by atoms with van der Waals surface area (Å²) in [5, 5.41) is 21.3. The van der Waals surface area contributed by atoms with Crippen LogP contribution in [0.5, 0.6) is 5.75 Å². The zero-order chi connectivity index (χ0) is 14.0. The third-order valence-electron chi connectivity index (χ3n) is 4.43. The van der Waals surface area contributed by atoms with Crippen LogP contribution in [0.15, 0.2) is 12.1 Å². The highest BCUT2D eigenvalue weighted by Crippen LogP contribution is 2.42. The maximum Gasteiger partial charge on any atom is 0.127 e. The summed E-state index contributed by atoms with van der Waals surface area (Å²) in [5.74, 6) is 0.700. The van der Waals surface area contributed by atoms with Crippen molar-refractivity contribution < 1.29 is 14.9 Å². The third-order valence-corrected chi connectivity index (χ3v) is 4.43. The molecule has 0 bridgehead atoms. The predicted molar refractivity (Wildman–Crippen MR) is 75.5 cm³/mol. The lowest BCUT2D eigenvalue weighted by atomic mass is 9.78. The first kappa shape index (κ1) is 14.4. The van der Waals surface area contributed by atoms with E-state index >= 15 is 0 Å². The molecule has 0 heterocycles. The second-order valence-electron chi connectivity index (χ2n) is 5.70. The Hall–Kier alpha value is -1.06. The van der Waals surface area contributed by atoms with Gasteiger partial charge in [-0.2, -0.15) is 0 Å². The number of rotatable bonds is 3. The molecule has 1 fully saturated rings. The maximum atomic E-state index is 10.7. The molecule has 1 atom stereocenters. The molecule has 1 aliphatic carbocycles. The molecule has 0 spiro atoms. The summed E-state index contributed by atoms with van der Waals surface area (Å²) in [7, 11) is 1.61. The molecule has 19 heavy (non-hydrogen) atoms. The molecule has 3 nitrogen and oxygen atoms in total. The lowest BCUT2D eigenvalue weighted by Gasteiger charge is -2.37. The summed E-state index contributed by atoms with van der Waals surface area (Å²) in [6, 6.07) is 3.85. The minimum Gasteiger partial charge on any atom is -0.496 e. The number of hydrogen-bond acceptors (Lipinski definition) is 3. The van der Waals surface area contributed by atoms with Crippen LogP contribution in [-0.4, -0.2) is 22.9 Å². The Balaban J connectivity index is 2.38. The van der Waals surface area contributed by atoms with E-state index in [2.05, 4.69) is 0 Å². The molecule has 1 unspecified atom stereocenters. The van der Waals surface area contributed by atoms with E-state index in [1.54, 1.807) is 7.11 Å². The fraction of sp³-hybridized carbons (Fsp3) is 0.625. The van der Waals surface area contributed by atoms with Crippen LogP contribution in [0, 0.1) is 13.8 Å². The van der Waals surface area contributed by atoms with E-state index in [4.69, 9.17) is 4.74 Å². The third kappa shape index (κ3) is 2.63. The number of aliphatic hydroxyl groups is 2. The average molecular weight is 264 g/mol. The first-order valence-electron chi connectivity index (χ1n) is 7.04. The number of hydrogen-bond donors (Lipinski definition) is 2. The minimum atomic E-state index is -1.01. The number of methoxy groups -OCH3 is 1. The van der Waals surface area contributed by atoms with Crippen LogP contribution in [0.3, 0.4) is 0 Å². The Kier molecular flexibility index (Phi) is 4.16. The Labute approximate surface area is 115 Å². The van der Waals surface area contributed by atoms with Crippen molar-refractivity contribution in [1.82, 2.24) is 0 Å². The Morgan fingerprint density at radius 3 is 2.37 bits per heavy atom. The highest BCUT2D eigenvalue weighted by atomic mass is 16.5. The fourth-order valence-corrected chi connectivity index (χ4v) is 3.02. The van der Waals surface area contributed by atoms with E-state index in [0.717, 1.165) is 30.4 Å². The molecule has 0 radical (unpaired) electrons. The molecule has 3 heteroatoms. The van der Waals surface area contributed by atoms with E-state index in [9.17, 15) is 10.2 Å². The standard InChI is InChI=1S/C16H24O3/c1-11-7-8-13(14(19-3)12(11)2)15(17)16(18)9-5-4-6-10-16/h7-8,15,17-18H,4-6,9-10H2,1-3H3. The van der Waals surface area contributed by atoms with Gasteiger partial charge in [0.2, 0.25) is 0 Å². The largest absolute Gasteiger partial charge is 0.496 e. The van der Waals surface area contributed by atoms with Gasteiger partial charge in [0.15, 0.2) is 0 Å². The molecule has 106 valence electrons. The Bertz CT molecular complexity index is 448. The van der Waals surface area contributed by atoms with E-state index in [0.29, 0.717) is 24.2 Å². The van der Waals surface area contributed by atoms with Crippen LogP contribution in [0.4, 0.5) is 0 Å². The number of aryl methyl sites for hydroxylation is 1. The van der Waals surface area contributed by atoms with E-state index in [1.807, 2.05) is 26.0 Å². The fourth-order valence-electron chi connectivity index (χ4n) is 3.02. The normalized spacial score (nSPS) is 20.1. The van der Waals surface area contributed by atoms with Gasteiger partial charge >= 0.3 is 0 Å². The van der Waals surface area contributed by atoms with Crippen molar-refractivity contribution in [2.24, 2.45) is 0 Å². The summed E-state index contributed by atoms with van der Waals surface area (Å²) >= 11 is 0. The molecule has 0 aliphatic heterocycles. The van der Waals surface area contributed by atoms with Crippen LogP contribution in [-0.2, 0) is 0 Å². The zero-order valence-electron chi connectivity index (χ0n) is 12.1. The molecule has 1 aromatic rings. The van der Waals surface area contributed by atoms with Crippen molar-refractivity contribution in [3.8, 4) is 5.75 Å². The van der Waals surface area contributed by atoms with Gasteiger partial charge < -0.3 is 14.9 Å². The molecule has 2 rings (SSSR count). The summed E-state index contributed by atoms with van der Waals surface area (Å²) in [6.07, 6.45) is 3.52. The second-order valence-corrected chi connectivity index (χ2v) is 5.70. The minimum absolute atomic E-state index is 0.657. The summed E-state index contributed by atoms with van der Waals surface area (Å²) in [4.78, 5) is 0. The summed E-state index contributed by atoms with van der Waals surface area (Å²) in [5.41, 5.74) is 1.85. The first-order chi connectivity index (χ1) is 8.99. The quantitative estimate of drug-likeness (QED) is 0.882. The Morgan fingerprint density at radius 2 is 1.79 bits per heavy atom. The van der Waals surface area contributed by atoms with Crippen molar-refractivity contribution in [2.45, 2.75) is 57.7 Å². The highest BCUT2D eigenvalue weighted by molar-refractivity contribution is 5.47. The number of aliphatic hydroxyl groups excluding tert-OH is 1. The lowest BCUT2D eigenvalue weighted by molar-refractivity contribution is -0.0998. The molecule has 0 amide bonds. The van der Waals surface area contributed by atoms with E-state index < -0.39 is 11.7 Å². The van der Waals surface area contributed by atoms with Crippen LogP contribution in [0.25, 0.3) is 0 Å². The van der Waals surface area contributed by atoms with Gasteiger partial charge in [-0.15, -0.1) is 0 Å². The van der Waals surface area contributed by atoms with Crippen molar-refractivity contribution in [1.29, 1.82) is 0 Å². The topological polar surface area (TPSA) is 49.7 Å². The molecule has 2 N–H and O–H groups in total. The SMILES string of the molecule is COc1c(C(O)C2(O)CCCCC2)ccc(C)c1C. The molecule has 1 aliphatic rings. The molecular formula is C16H24O3. The molecule has 1 aromatic carbocycles. The number of benzene rings is 1. The van der Waals surface area contributed by atoms with Crippen molar-refractivity contribution >= 4 is 0 Å². The molecule has 1 saturated carbocycles. The average Bonchev–Trinajstić information content (AvgIpc) is 2.41. The van der Waals surface area contributed by atoms with Gasteiger partial charge in [-0.3, -0.25) is 0 Å². The van der Waals surface area contributed by atoms with Crippen LogP contribution >= 0.6 is 0 Å². The lowest BCUT2D eigenvalue weighted by Crippen LogP contribution is -2.38. The van der Waals surface area contributed by atoms with Crippen molar-refractivity contribution in [3.05, 3.63) is 28.8 Å². The predicted octanol–water partition coefficient (Wildman–Crippen LogP) is 3.04. The van der Waals surface area contributed by atoms with Gasteiger partial charge in [0.05, 0.1) is 12.7 Å². The molecule has 0 aromatic heterocycles. The van der Waals surface area contributed by atoms with Gasteiger partial charge in [-0.25, -0.2) is 0 Å². The Morgan fingerprint density at radius 1 is 1.16 bits per heavy atom. The molecule has 0 saturated heterocycles. The van der Waals surface area contributed by atoms with Gasteiger partial charge in [0, 0.05) is 5.56 Å². The van der Waals surface area contributed by atoms with Crippen LogP contribution < -0.4 is 4.74 Å². The van der Waals surface area contributed by atoms with Gasteiger partial charge in [0.25, 0.3) is 0 Å². The zero-order valence-corrected chi connectivity index (χ0v) is 12.1. The molecular weight excluding hydrogens is 240 g/mol. The smallest absolute Gasteiger partial charge is 0.127 e. The van der Waals surface area contributed by atoms with Gasteiger partial charge in [-0.05, 0) is 37.8 Å². The monoisotopic (exact) mass is 264 g/mol. The number of ether oxygens (including phenoxy) is 1. The van der Waals surface area contributed by atoms with Gasteiger partial charge in [-0.1, -0.05) is 31.4 Å². The van der Waals surface area contributed by atoms with Gasteiger partial charge in [0.1, 0.15) is 11.9 Å². The van der Waals surface area contributed by atoms with Crippen LogP contribution in [0.2, 0.25) is 0 Å². The summed E-state index contributed by atoms with van der Waals surface area (Å²) < 4.78 is 5.44. The van der Waals surface area contributed by atoms with E-state index in [-0.39, 0.29) is 0 Å². The van der Waals surface area contributed by atoms with Crippen molar-refractivity contribution in [3.63, 3.8) is 0 Å². The van der Waals surface area contributed by atoms with Crippen LogP contribution in [0.1, 0.15) is 54.9 Å².